The third kappa shape index (κ3) is 5.94. The summed E-state index contributed by atoms with van der Waals surface area (Å²) in [5.41, 5.74) is 4.92. The molecule has 19 nitrogen and oxygen atoms in total. The van der Waals surface area contributed by atoms with E-state index in [9.17, 15) is 44.1 Å². The van der Waals surface area contributed by atoms with Crippen LogP contribution < -0.4 is 21.2 Å². The number of rotatable bonds is 9. The van der Waals surface area contributed by atoms with E-state index in [-0.39, 0.29) is 17.1 Å². The summed E-state index contributed by atoms with van der Waals surface area (Å²) in [6, 6.07) is -1.50. The molecule has 4 heterocycles. The number of aliphatic hydroxyl groups excluding tert-OH is 4. The van der Waals surface area contributed by atoms with E-state index in [0.29, 0.717) is 0 Å². The zero-order valence-corrected chi connectivity index (χ0v) is 20.8. The summed E-state index contributed by atoms with van der Waals surface area (Å²) in [7, 11) is -10.5. The third-order valence-electron chi connectivity index (χ3n) is 5.90. The van der Waals surface area contributed by atoms with Gasteiger partial charge in [-0.05, 0) is 6.92 Å². The van der Waals surface area contributed by atoms with Crippen LogP contribution in [0.2, 0.25) is 0 Å². The second-order valence-electron chi connectivity index (χ2n) is 8.53. The fourth-order valence-electron chi connectivity index (χ4n) is 4.02. The molecular formula is C16H27N6O13P2+. The number of H-pyrrole nitrogens is 2. The van der Waals surface area contributed by atoms with Gasteiger partial charge in [-0.1, -0.05) is 4.98 Å². The molecule has 11 N–H and O–H groups in total. The van der Waals surface area contributed by atoms with Crippen molar-refractivity contribution in [2.24, 2.45) is 0 Å². The van der Waals surface area contributed by atoms with Crippen LogP contribution in [0.25, 0.3) is 11.2 Å². The number of aromatic nitrogens is 4. The van der Waals surface area contributed by atoms with Gasteiger partial charge < -0.3 is 46.0 Å². The number of nitrogens with two attached hydrogens (primary N) is 1. The Hall–Kier alpha value is -1.83. The number of ether oxygens (including phenoxy) is 1. The molecule has 2 aliphatic rings. The first-order chi connectivity index (χ1) is 17.2. The van der Waals surface area contributed by atoms with Crippen molar-refractivity contribution < 1.29 is 62.0 Å². The first kappa shape index (κ1) is 28.2. The summed E-state index contributed by atoms with van der Waals surface area (Å²) in [5.74, 6) is -0.225. The smallest absolute Gasteiger partial charge is 0.389 e. The van der Waals surface area contributed by atoms with Gasteiger partial charge >= 0.3 is 21.3 Å². The van der Waals surface area contributed by atoms with Crippen molar-refractivity contribution in [1.82, 2.24) is 20.3 Å². The largest absolute Gasteiger partial charge is 0.481 e. The monoisotopic (exact) mass is 573 g/mol. The Labute approximate surface area is 207 Å². The molecule has 37 heavy (non-hydrogen) atoms. The number of fused-ring (bicyclic) bond motifs is 1. The molecular weight excluding hydrogens is 546 g/mol. The SMILES string of the molecule is C[C@@H]1N[C@H](COP(=O)(O)OP(=O)(O)OC[C@H]2O[C@@H]([n+]3c[nH]c4c(=O)[nH]c(N)nc43)[C@H](O)[C@@H]2O)[C@@H](O)[C@@H]1O. The molecule has 208 valence electrons. The minimum absolute atomic E-state index is 0.00423. The highest BCUT2D eigenvalue weighted by Gasteiger charge is 2.48. The number of nitrogen functional groups attached to an aromatic ring is 1. The first-order valence-corrected chi connectivity index (χ1v) is 13.8. The van der Waals surface area contributed by atoms with E-state index in [2.05, 4.69) is 33.6 Å². The molecule has 0 bridgehead atoms. The molecule has 2 aliphatic heterocycles. The van der Waals surface area contributed by atoms with Crippen molar-refractivity contribution in [2.45, 2.75) is 55.8 Å². The molecule has 0 spiro atoms. The molecule has 10 atom stereocenters. The molecule has 4 rings (SSSR count). The maximum absolute atomic E-state index is 12.2. The summed E-state index contributed by atoms with van der Waals surface area (Å²) in [6.45, 7) is 0.0223. The third-order valence-corrected chi connectivity index (χ3v) is 8.50. The van der Waals surface area contributed by atoms with E-state index in [4.69, 9.17) is 10.5 Å². The predicted octanol–water partition coefficient (Wildman–Crippen LogP) is -3.93. The number of aromatic amines is 2. The average molecular weight is 573 g/mol. The van der Waals surface area contributed by atoms with Gasteiger partial charge in [-0.3, -0.25) is 23.8 Å². The summed E-state index contributed by atoms with van der Waals surface area (Å²) >= 11 is 0. The molecule has 0 saturated carbocycles. The lowest BCUT2D eigenvalue weighted by molar-refractivity contribution is -0.745. The zero-order valence-electron chi connectivity index (χ0n) is 19.0. The molecule has 0 amide bonds. The number of phosphoric acid groups is 2. The first-order valence-electron chi connectivity index (χ1n) is 10.8. The summed E-state index contributed by atoms with van der Waals surface area (Å²) in [5, 5.41) is 43.0. The van der Waals surface area contributed by atoms with E-state index < -0.39 is 83.2 Å². The maximum Gasteiger partial charge on any atom is 0.481 e. The van der Waals surface area contributed by atoms with Crippen LogP contribution in [0.5, 0.6) is 0 Å². The molecule has 0 aliphatic carbocycles. The van der Waals surface area contributed by atoms with Crippen LogP contribution in [0.15, 0.2) is 11.1 Å². The molecule has 0 radical (unpaired) electrons. The number of nitrogens with one attached hydrogen (secondary N) is 3. The van der Waals surface area contributed by atoms with E-state index in [0.717, 1.165) is 0 Å². The van der Waals surface area contributed by atoms with Crippen LogP contribution in [0.4, 0.5) is 5.95 Å². The van der Waals surface area contributed by atoms with Crippen LogP contribution in [0.1, 0.15) is 13.2 Å². The van der Waals surface area contributed by atoms with Gasteiger partial charge in [0.05, 0.1) is 31.5 Å². The normalized spacial score (nSPS) is 35.5. The number of nitrogens with zero attached hydrogens (tertiary/aromatic N) is 2. The fraction of sp³-hybridized carbons (Fsp3) is 0.688. The highest BCUT2D eigenvalue weighted by atomic mass is 31.3. The van der Waals surface area contributed by atoms with Gasteiger partial charge in [0.15, 0.2) is 6.33 Å². The Morgan fingerprint density at radius 2 is 1.73 bits per heavy atom. The highest BCUT2D eigenvalue weighted by Crippen LogP contribution is 2.60. The van der Waals surface area contributed by atoms with Crippen molar-refractivity contribution in [3.05, 3.63) is 16.7 Å². The summed E-state index contributed by atoms with van der Waals surface area (Å²) < 4.78 is 44.5. The number of imidazole rings is 1. The lowest BCUT2D eigenvalue weighted by Crippen LogP contribution is -2.46. The van der Waals surface area contributed by atoms with Crippen molar-refractivity contribution in [1.29, 1.82) is 0 Å². The Balaban J connectivity index is 1.36. The second kappa shape index (κ2) is 10.4. The van der Waals surface area contributed by atoms with Gasteiger partial charge in [-0.15, -0.1) is 0 Å². The van der Waals surface area contributed by atoms with Crippen LogP contribution >= 0.6 is 15.6 Å². The van der Waals surface area contributed by atoms with Crippen LogP contribution in [0, 0.1) is 0 Å². The van der Waals surface area contributed by atoms with Crippen LogP contribution in [-0.2, 0) is 27.2 Å². The molecule has 2 aromatic heterocycles. The van der Waals surface area contributed by atoms with E-state index in [1.54, 1.807) is 6.92 Å². The Kier molecular flexibility index (Phi) is 7.91. The predicted molar refractivity (Wildman–Crippen MR) is 118 cm³/mol. The fourth-order valence-corrected chi connectivity index (χ4v) is 6.12. The standard InChI is InChI=1S/C16H26N6O13P2/c1-5-9(23)10(24)6(19-5)2-32-36(28,29)35-37(30,31)33-3-7-11(25)12(26)15(34-7)22-4-18-8-13(22)20-16(17)21-14(8)27/h4-7,9-12,15,19,23-26H,2-3H2,1H3,(H5,17,20,21,27,28,29,30,31)/p+1/t5-,6+,7+,9+,10+,11+,12+,15+/m0/s1. The van der Waals surface area contributed by atoms with Gasteiger partial charge in [-0.25, -0.2) is 13.7 Å². The molecule has 2 aromatic rings. The maximum atomic E-state index is 12.2. The summed E-state index contributed by atoms with van der Waals surface area (Å²) in [4.78, 5) is 40.5. The Bertz CT molecular complexity index is 1290. The number of aliphatic hydroxyl groups is 4. The highest BCUT2D eigenvalue weighted by molar-refractivity contribution is 7.61. The lowest BCUT2D eigenvalue weighted by atomic mass is 10.1. The topological polar surface area (TPSA) is 296 Å². The van der Waals surface area contributed by atoms with Crippen molar-refractivity contribution in [3.8, 4) is 0 Å². The number of hydrogen-bond donors (Lipinski definition) is 10. The number of anilines is 1. The lowest BCUT2D eigenvalue weighted by Gasteiger charge is -2.21. The second-order valence-corrected chi connectivity index (χ2v) is 11.6. The molecule has 0 aromatic carbocycles. The van der Waals surface area contributed by atoms with E-state index >= 15 is 0 Å². The van der Waals surface area contributed by atoms with Crippen LogP contribution in [0.3, 0.4) is 0 Å². The van der Waals surface area contributed by atoms with Gasteiger partial charge in [0.2, 0.25) is 11.7 Å². The van der Waals surface area contributed by atoms with Gasteiger partial charge in [-0.2, -0.15) is 4.31 Å². The molecule has 2 fully saturated rings. The number of hydrogen-bond acceptors (Lipinski definition) is 14. The van der Waals surface area contributed by atoms with E-state index in [1.807, 2.05) is 0 Å². The van der Waals surface area contributed by atoms with Crippen molar-refractivity contribution >= 4 is 32.8 Å². The minimum atomic E-state index is -5.28. The Morgan fingerprint density at radius 3 is 2.35 bits per heavy atom. The van der Waals surface area contributed by atoms with E-state index in [1.165, 1.54) is 10.9 Å². The Morgan fingerprint density at radius 1 is 1.08 bits per heavy atom. The number of phosphoric ester groups is 2. The molecule has 2 saturated heterocycles. The zero-order chi connectivity index (χ0) is 27.3. The molecule has 2 unspecified atom stereocenters. The van der Waals surface area contributed by atoms with Gasteiger partial charge in [0.1, 0.15) is 18.3 Å². The van der Waals surface area contributed by atoms with Gasteiger partial charge in [0, 0.05) is 6.04 Å². The van der Waals surface area contributed by atoms with Gasteiger partial charge in [0.25, 0.3) is 11.5 Å². The summed E-state index contributed by atoms with van der Waals surface area (Å²) in [6.07, 6.45) is -7.30. The quantitative estimate of drug-likeness (QED) is 0.101. The average Bonchev–Trinajstić information content (AvgIpc) is 3.41. The van der Waals surface area contributed by atoms with Crippen molar-refractivity contribution in [2.75, 3.05) is 18.9 Å². The van der Waals surface area contributed by atoms with Crippen molar-refractivity contribution in [3.63, 3.8) is 0 Å². The van der Waals surface area contributed by atoms with Crippen LogP contribution in [-0.4, -0.2) is 101 Å². The molecule has 21 heteroatoms. The minimum Gasteiger partial charge on any atom is -0.389 e.